The summed E-state index contributed by atoms with van der Waals surface area (Å²) < 4.78 is 5.65. The first kappa shape index (κ1) is 17.9. The van der Waals surface area contributed by atoms with E-state index in [-0.39, 0.29) is 11.5 Å². The van der Waals surface area contributed by atoms with Crippen molar-refractivity contribution in [2.75, 3.05) is 6.61 Å². The normalized spacial score (nSPS) is 14.2. The van der Waals surface area contributed by atoms with Crippen molar-refractivity contribution in [1.82, 2.24) is 0 Å². The monoisotopic (exact) mass is 290 g/mol. The Hall–Kier alpha value is -1.12. The number of allylic oxidation sites excluding steroid dienone is 1. The van der Waals surface area contributed by atoms with Gasteiger partial charge in [-0.25, -0.2) is 0 Å². The van der Waals surface area contributed by atoms with Gasteiger partial charge in [-0.15, -0.1) is 0 Å². The van der Waals surface area contributed by atoms with Crippen LogP contribution in [-0.2, 0) is 11.3 Å². The zero-order valence-corrected chi connectivity index (χ0v) is 13.9. The van der Waals surface area contributed by atoms with Crippen molar-refractivity contribution < 1.29 is 9.84 Å². The summed E-state index contributed by atoms with van der Waals surface area (Å²) >= 11 is 0. The highest BCUT2D eigenvalue weighted by atomic mass is 16.5. The summed E-state index contributed by atoms with van der Waals surface area (Å²) in [6.07, 6.45) is 4.84. The second-order valence-electron chi connectivity index (χ2n) is 6.83. The first-order valence-corrected chi connectivity index (χ1v) is 7.85. The number of hydrogen-bond acceptors (Lipinski definition) is 2. The third-order valence-electron chi connectivity index (χ3n) is 3.71. The van der Waals surface area contributed by atoms with Crippen molar-refractivity contribution in [3.05, 3.63) is 47.5 Å². The first-order valence-electron chi connectivity index (χ1n) is 7.85. The number of ether oxygens (including phenoxy) is 1. The third kappa shape index (κ3) is 8.03. The molecule has 1 atom stereocenters. The van der Waals surface area contributed by atoms with Gasteiger partial charge in [0.1, 0.15) is 0 Å². The Bertz CT molecular complexity index is 415. The van der Waals surface area contributed by atoms with Crippen LogP contribution in [0.1, 0.15) is 52.5 Å². The van der Waals surface area contributed by atoms with Gasteiger partial charge < -0.3 is 9.84 Å². The van der Waals surface area contributed by atoms with Gasteiger partial charge in [0, 0.05) is 0 Å². The summed E-state index contributed by atoms with van der Waals surface area (Å²) in [4.78, 5) is 0. The zero-order chi connectivity index (χ0) is 15.7. The third-order valence-corrected chi connectivity index (χ3v) is 3.71. The van der Waals surface area contributed by atoms with Crippen molar-refractivity contribution in [2.24, 2.45) is 5.41 Å². The molecular formula is C19H30O2. The molecule has 0 saturated heterocycles. The maximum atomic E-state index is 9.99. The van der Waals surface area contributed by atoms with Crippen LogP contribution in [0.5, 0.6) is 0 Å². The smallest absolute Gasteiger partial charge is 0.0721 e. The fourth-order valence-electron chi connectivity index (χ4n) is 2.06. The van der Waals surface area contributed by atoms with Crippen LogP contribution in [0.25, 0.3) is 0 Å². The minimum atomic E-state index is -0.223. The molecule has 1 unspecified atom stereocenters. The molecule has 0 radical (unpaired) electrons. The molecule has 1 N–H and O–H groups in total. The Morgan fingerprint density at radius 1 is 1.24 bits per heavy atom. The molecular weight excluding hydrogens is 260 g/mol. The highest BCUT2D eigenvalue weighted by Crippen LogP contribution is 2.23. The minimum absolute atomic E-state index is 0.0174. The molecule has 1 rings (SSSR count). The Balaban J connectivity index is 2.16. The van der Waals surface area contributed by atoms with Crippen LogP contribution in [0.4, 0.5) is 0 Å². The highest BCUT2D eigenvalue weighted by molar-refractivity contribution is 5.13. The fraction of sp³-hybridized carbons (Fsp3) is 0.579. The molecule has 1 aromatic rings. The van der Waals surface area contributed by atoms with Crippen LogP contribution in [0.15, 0.2) is 42.0 Å². The van der Waals surface area contributed by atoms with E-state index in [1.54, 1.807) is 0 Å². The van der Waals surface area contributed by atoms with E-state index >= 15 is 0 Å². The molecule has 2 nitrogen and oxygen atoms in total. The van der Waals surface area contributed by atoms with Crippen molar-refractivity contribution in [3.63, 3.8) is 0 Å². The first-order chi connectivity index (χ1) is 9.89. The molecule has 1 aromatic carbocycles. The van der Waals surface area contributed by atoms with E-state index in [0.717, 1.165) is 19.3 Å². The van der Waals surface area contributed by atoms with Crippen LogP contribution < -0.4 is 0 Å². The summed E-state index contributed by atoms with van der Waals surface area (Å²) in [6.45, 7) is 9.69. The Morgan fingerprint density at radius 2 is 1.90 bits per heavy atom. The van der Waals surface area contributed by atoms with Crippen molar-refractivity contribution in [3.8, 4) is 0 Å². The van der Waals surface area contributed by atoms with Gasteiger partial charge in [0.25, 0.3) is 0 Å². The molecule has 2 heteroatoms. The molecule has 118 valence electrons. The molecule has 0 amide bonds. The number of aliphatic hydroxyl groups is 1. The fourth-order valence-corrected chi connectivity index (χ4v) is 2.06. The molecule has 21 heavy (non-hydrogen) atoms. The highest BCUT2D eigenvalue weighted by Gasteiger charge is 2.21. The van der Waals surface area contributed by atoms with Crippen molar-refractivity contribution in [2.45, 2.75) is 59.7 Å². The molecule has 0 fully saturated rings. The predicted octanol–water partition coefficient (Wildman–Crippen LogP) is 4.73. The minimum Gasteiger partial charge on any atom is -0.393 e. The molecule has 0 bridgehead atoms. The molecule has 0 aliphatic carbocycles. The topological polar surface area (TPSA) is 29.5 Å². The van der Waals surface area contributed by atoms with Gasteiger partial charge in [-0.2, -0.15) is 0 Å². The lowest BCUT2D eigenvalue weighted by Crippen LogP contribution is -2.25. The Morgan fingerprint density at radius 3 is 2.52 bits per heavy atom. The lowest BCUT2D eigenvalue weighted by molar-refractivity contribution is 0.0540. The van der Waals surface area contributed by atoms with E-state index in [1.165, 1.54) is 11.1 Å². The van der Waals surface area contributed by atoms with Crippen LogP contribution >= 0.6 is 0 Å². The van der Waals surface area contributed by atoms with Crippen LogP contribution in [0.3, 0.4) is 0 Å². The van der Waals surface area contributed by atoms with E-state index in [1.807, 2.05) is 18.2 Å². The quantitative estimate of drug-likeness (QED) is 0.554. The molecule has 0 heterocycles. The predicted molar refractivity (Wildman–Crippen MR) is 89.2 cm³/mol. The van der Waals surface area contributed by atoms with Crippen LogP contribution in [0, 0.1) is 5.41 Å². The van der Waals surface area contributed by atoms with Gasteiger partial charge in [0.2, 0.25) is 0 Å². The number of benzene rings is 1. The second kappa shape index (κ2) is 9.01. The molecule has 0 aliphatic rings. The zero-order valence-electron chi connectivity index (χ0n) is 13.9. The van der Waals surface area contributed by atoms with E-state index in [2.05, 4.69) is 45.9 Å². The number of aliphatic hydroxyl groups excluding tert-OH is 1. The summed E-state index contributed by atoms with van der Waals surface area (Å²) in [5.74, 6) is 0. The van der Waals surface area contributed by atoms with Gasteiger partial charge in [0.15, 0.2) is 0 Å². The van der Waals surface area contributed by atoms with Gasteiger partial charge in [-0.3, -0.25) is 0 Å². The SMILES string of the molecule is C/C(=C/COCc1ccccc1)CCCC(O)C(C)(C)C. The van der Waals surface area contributed by atoms with E-state index in [0.29, 0.717) is 13.2 Å². The van der Waals surface area contributed by atoms with Crippen molar-refractivity contribution >= 4 is 0 Å². The lowest BCUT2D eigenvalue weighted by Gasteiger charge is -2.25. The maximum Gasteiger partial charge on any atom is 0.0721 e. The van der Waals surface area contributed by atoms with Gasteiger partial charge in [0.05, 0.1) is 19.3 Å². The van der Waals surface area contributed by atoms with E-state index < -0.39 is 0 Å². The van der Waals surface area contributed by atoms with Gasteiger partial charge in [-0.1, -0.05) is 62.8 Å². The Labute approximate surface area is 129 Å². The standard InChI is InChI=1S/C19H30O2/c1-16(9-8-12-18(20)19(2,3)4)13-14-21-15-17-10-6-5-7-11-17/h5-7,10-11,13,18,20H,8-9,12,14-15H2,1-4H3/b16-13-. The van der Waals surface area contributed by atoms with Crippen LogP contribution in [0.2, 0.25) is 0 Å². The summed E-state index contributed by atoms with van der Waals surface area (Å²) in [5, 5.41) is 9.99. The van der Waals surface area contributed by atoms with Crippen LogP contribution in [-0.4, -0.2) is 17.8 Å². The number of rotatable bonds is 8. The van der Waals surface area contributed by atoms with Gasteiger partial charge in [-0.05, 0) is 37.2 Å². The molecule has 0 spiro atoms. The molecule has 0 aliphatic heterocycles. The largest absolute Gasteiger partial charge is 0.393 e. The number of hydrogen-bond donors (Lipinski definition) is 1. The van der Waals surface area contributed by atoms with Crippen molar-refractivity contribution in [1.29, 1.82) is 0 Å². The average molecular weight is 290 g/mol. The summed E-state index contributed by atoms with van der Waals surface area (Å²) in [7, 11) is 0. The van der Waals surface area contributed by atoms with E-state index in [9.17, 15) is 5.11 Å². The van der Waals surface area contributed by atoms with E-state index in [4.69, 9.17) is 4.74 Å². The summed E-state index contributed by atoms with van der Waals surface area (Å²) in [6, 6.07) is 10.2. The second-order valence-corrected chi connectivity index (χ2v) is 6.83. The Kier molecular flexibility index (Phi) is 7.69. The average Bonchev–Trinajstić information content (AvgIpc) is 2.43. The van der Waals surface area contributed by atoms with Gasteiger partial charge >= 0.3 is 0 Å². The molecule has 0 aromatic heterocycles. The molecule has 0 saturated carbocycles. The lowest BCUT2D eigenvalue weighted by atomic mass is 9.86. The summed E-state index contributed by atoms with van der Waals surface area (Å²) in [5.41, 5.74) is 2.53. The maximum absolute atomic E-state index is 9.99.